The fourth-order valence-corrected chi connectivity index (χ4v) is 3.12. The van der Waals surface area contributed by atoms with Gasteiger partial charge in [0, 0.05) is 24.7 Å². The van der Waals surface area contributed by atoms with E-state index < -0.39 is 16.1 Å². The number of benzene rings is 1. The molecule has 1 aromatic rings. The van der Waals surface area contributed by atoms with E-state index in [1.165, 1.54) is 24.3 Å². The van der Waals surface area contributed by atoms with Crippen LogP contribution in [0.3, 0.4) is 0 Å². The van der Waals surface area contributed by atoms with Crippen LogP contribution in [0.2, 0.25) is 5.02 Å². The normalized spacial score (nSPS) is 18.6. The van der Waals surface area contributed by atoms with E-state index in [0.29, 0.717) is 18.1 Å². The molecule has 0 saturated carbocycles. The second-order valence-electron chi connectivity index (χ2n) is 4.64. The summed E-state index contributed by atoms with van der Waals surface area (Å²) < 4.78 is 31.5. The van der Waals surface area contributed by atoms with Gasteiger partial charge in [-0.25, -0.2) is 13.1 Å². The molecule has 1 aliphatic heterocycles. The summed E-state index contributed by atoms with van der Waals surface area (Å²) in [7, 11) is -3.59. The van der Waals surface area contributed by atoms with E-state index in [1.54, 1.807) is 0 Å². The molecular weight excluding hydrogens is 316 g/mol. The molecule has 2 rings (SSSR count). The lowest BCUT2D eigenvalue weighted by Gasteiger charge is -2.11. The standard InChI is InChI=1S/C13H17ClN2O4S/c14-10-3-5-11(6-4-10)21(18,19)16-8-7-15-13(17)12-2-1-9-20-12/h3-6,12,16H,1-2,7-9H2,(H,15,17). The molecule has 1 aliphatic rings. The highest BCUT2D eigenvalue weighted by atomic mass is 35.5. The molecule has 116 valence electrons. The number of amides is 1. The van der Waals surface area contributed by atoms with Crippen molar-refractivity contribution in [3.05, 3.63) is 29.3 Å². The Labute approximate surface area is 128 Å². The third-order valence-corrected chi connectivity index (χ3v) is 4.79. The van der Waals surface area contributed by atoms with Gasteiger partial charge in [-0.15, -0.1) is 0 Å². The van der Waals surface area contributed by atoms with Crippen LogP contribution in [0.15, 0.2) is 29.2 Å². The van der Waals surface area contributed by atoms with Gasteiger partial charge in [0.1, 0.15) is 6.10 Å². The van der Waals surface area contributed by atoms with Crippen molar-refractivity contribution in [1.29, 1.82) is 0 Å². The van der Waals surface area contributed by atoms with Crippen molar-refractivity contribution in [3.63, 3.8) is 0 Å². The molecule has 1 fully saturated rings. The minimum absolute atomic E-state index is 0.115. The van der Waals surface area contributed by atoms with Gasteiger partial charge in [0.25, 0.3) is 0 Å². The van der Waals surface area contributed by atoms with Crippen LogP contribution in [0.5, 0.6) is 0 Å². The number of rotatable bonds is 6. The second-order valence-corrected chi connectivity index (χ2v) is 6.85. The lowest BCUT2D eigenvalue weighted by molar-refractivity contribution is -0.129. The number of carbonyl (C=O) groups is 1. The predicted molar refractivity (Wildman–Crippen MR) is 78.6 cm³/mol. The molecule has 6 nitrogen and oxygen atoms in total. The molecule has 2 N–H and O–H groups in total. The second kappa shape index (κ2) is 7.22. The number of halogens is 1. The Morgan fingerprint density at radius 1 is 1.29 bits per heavy atom. The van der Waals surface area contributed by atoms with Gasteiger partial charge in [0.15, 0.2) is 0 Å². The van der Waals surface area contributed by atoms with E-state index in [-0.39, 0.29) is 23.9 Å². The quantitative estimate of drug-likeness (QED) is 0.758. The number of carbonyl (C=O) groups excluding carboxylic acids is 1. The SMILES string of the molecule is O=C(NCCNS(=O)(=O)c1ccc(Cl)cc1)C1CCCO1. The van der Waals surface area contributed by atoms with Crippen LogP contribution < -0.4 is 10.0 Å². The Morgan fingerprint density at radius 3 is 2.62 bits per heavy atom. The topological polar surface area (TPSA) is 84.5 Å². The maximum absolute atomic E-state index is 12.0. The molecule has 0 aromatic heterocycles. The number of ether oxygens (including phenoxy) is 1. The molecule has 0 bridgehead atoms. The van der Waals surface area contributed by atoms with Gasteiger partial charge >= 0.3 is 0 Å². The summed E-state index contributed by atoms with van der Waals surface area (Å²) in [6.07, 6.45) is 1.18. The van der Waals surface area contributed by atoms with Crippen LogP contribution in [0, 0.1) is 0 Å². The first-order chi connectivity index (χ1) is 9.99. The first kappa shape index (κ1) is 16.2. The fraction of sp³-hybridized carbons (Fsp3) is 0.462. The Morgan fingerprint density at radius 2 is 2.00 bits per heavy atom. The van der Waals surface area contributed by atoms with Crippen LogP contribution in [-0.2, 0) is 19.6 Å². The summed E-state index contributed by atoms with van der Waals surface area (Å²) in [5.74, 6) is -0.196. The van der Waals surface area contributed by atoms with Crippen molar-refractivity contribution in [1.82, 2.24) is 10.0 Å². The number of hydrogen-bond acceptors (Lipinski definition) is 4. The van der Waals surface area contributed by atoms with Gasteiger partial charge in [-0.05, 0) is 37.1 Å². The zero-order valence-electron chi connectivity index (χ0n) is 11.3. The van der Waals surface area contributed by atoms with Gasteiger partial charge in [-0.1, -0.05) is 11.6 Å². The summed E-state index contributed by atoms with van der Waals surface area (Å²) >= 11 is 5.71. The maximum Gasteiger partial charge on any atom is 0.249 e. The van der Waals surface area contributed by atoms with E-state index in [9.17, 15) is 13.2 Å². The van der Waals surface area contributed by atoms with Crippen molar-refractivity contribution >= 4 is 27.5 Å². The summed E-state index contributed by atoms with van der Waals surface area (Å²) in [6.45, 7) is 0.927. The van der Waals surface area contributed by atoms with Crippen molar-refractivity contribution in [2.45, 2.75) is 23.8 Å². The smallest absolute Gasteiger partial charge is 0.249 e. The molecule has 1 amide bonds. The average molecular weight is 333 g/mol. The van der Waals surface area contributed by atoms with E-state index in [4.69, 9.17) is 16.3 Å². The lowest BCUT2D eigenvalue weighted by atomic mass is 10.2. The molecular formula is C13H17ClN2O4S. The monoisotopic (exact) mass is 332 g/mol. The predicted octanol–water partition coefficient (Wildman–Crippen LogP) is 0.913. The van der Waals surface area contributed by atoms with Crippen LogP contribution in [0.1, 0.15) is 12.8 Å². The first-order valence-electron chi connectivity index (χ1n) is 6.63. The summed E-state index contributed by atoms with van der Waals surface area (Å²) in [4.78, 5) is 11.8. The fourth-order valence-electron chi connectivity index (χ4n) is 1.97. The highest BCUT2D eigenvalue weighted by Crippen LogP contribution is 2.13. The number of nitrogens with one attached hydrogen (secondary N) is 2. The molecule has 8 heteroatoms. The Bertz CT molecular complexity index is 583. The van der Waals surface area contributed by atoms with Gasteiger partial charge in [-0.2, -0.15) is 0 Å². The molecule has 0 aliphatic carbocycles. The Balaban J connectivity index is 1.77. The molecule has 21 heavy (non-hydrogen) atoms. The highest BCUT2D eigenvalue weighted by molar-refractivity contribution is 7.89. The van der Waals surface area contributed by atoms with E-state index in [0.717, 1.165) is 6.42 Å². The molecule has 1 saturated heterocycles. The van der Waals surface area contributed by atoms with Crippen LogP contribution in [0.4, 0.5) is 0 Å². The maximum atomic E-state index is 12.0. The van der Waals surface area contributed by atoms with E-state index in [2.05, 4.69) is 10.0 Å². The highest BCUT2D eigenvalue weighted by Gasteiger charge is 2.23. The molecule has 1 aromatic carbocycles. The van der Waals surface area contributed by atoms with Crippen LogP contribution >= 0.6 is 11.6 Å². The van der Waals surface area contributed by atoms with Gasteiger partial charge in [-0.3, -0.25) is 4.79 Å². The van der Waals surface area contributed by atoms with Crippen molar-refractivity contribution in [2.75, 3.05) is 19.7 Å². The zero-order chi connectivity index (χ0) is 15.3. The average Bonchev–Trinajstić information content (AvgIpc) is 2.98. The zero-order valence-corrected chi connectivity index (χ0v) is 12.9. The third-order valence-electron chi connectivity index (χ3n) is 3.06. The van der Waals surface area contributed by atoms with E-state index >= 15 is 0 Å². The minimum atomic E-state index is -3.59. The largest absolute Gasteiger partial charge is 0.368 e. The molecule has 1 atom stereocenters. The van der Waals surface area contributed by atoms with Gasteiger partial charge < -0.3 is 10.1 Å². The molecule has 0 spiro atoms. The third kappa shape index (κ3) is 4.67. The first-order valence-corrected chi connectivity index (χ1v) is 8.50. The Kier molecular flexibility index (Phi) is 5.58. The lowest BCUT2D eigenvalue weighted by Crippen LogP contribution is -2.39. The summed E-state index contributed by atoms with van der Waals surface area (Å²) in [5.41, 5.74) is 0. The summed E-state index contributed by atoms with van der Waals surface area (Å²) in [6, 6.07) is 5.87. The van der Waals surface area contributed by atoms with E-state index in [1.807, 2.05) is 0 Å². The minimum Gasteiger partial charge on any atom is -0.368 e. The van der Waals surface area contributed by atoms with Crippen LogP contribution in [-0.4, -0.2) is 40.1 Å². The van der Waals surface area contributed by atoms with Gasteiger partial charge in [0.2, 0.25) is 15.9 Å². The van der Waals surface area contributed by atoms with Crippen molar-refractivity contribution in [2.24, 2.45) is 0 Å². The Hall–Kier alpha value is -1.15. The molecule has 1 heterocycles. The van der Waals surface area contributed by atoms with Crippen molar-refractivity contribution in [3.8, 4) is 0 Å². The van der Waals surface area contributed by atoms with Crippen LogP contribution in [0.25, 0.3) is 0 Å². The van der Waals surface area contributed by atoms with Crippen molar-refractivity contribution < 1.29 is 17.9 Å². The van der Waals surface area contributed by atoms with Gasteiger partial charge in [0.05, 0.1) is 4.90 Å². The summed E-state index contributed by atoms with van der Waals surface area (Å²) in [5, 5.41) is 3.12. The molecule has 0 radical (unpaired) electrons. The number of hydrogen-bond donors (Lipinski definition) is 2. The molecule has 1 unspecified atom stereocenters. The number of sulfonamides is 1.